The number of hydrogen-bond donors (Lipinski definition) is 0. The summed E-state index contributed by atoms with van der Waals surface area (Å²) in [5.74, 6) is 0. The lowest BCUT2D eigenvalue weighted by Crippen LogP contribution is -1.91. The summed E-state index contributed by atoms with van der Waals surface area (Å²) in [6.45, 7) is 1.63. The Labute approximate surface area is 82.2 Å². The van der Waals surface area contributed by atoms with Crippen LogP contribution in [0.2, 0.25) is 5.02 Å². The molecule has 1 aliphatic rings. The minimum atomic E-state index is 0.364. The van der Waals surface area contributed by atoms with E-state index in [0.29, 0.717) is 6.10 Å². The van der Waals surface area contributed by atoms with Gasteiger partial charge in [-0.3, -0.25) is 4.99 Å². The average Bonchev–Trinajstić information content (AvgIpc) is 2.92. The molecule has 2 rings (SSSR count). The van der Waals surface area contributed by atoms with Crippen molar-refractivity contribution in [3.63, 3.8) is 0 Å². The van der Waals surface area contributed by atoms with Crippen LogP contribution in [0.1, 0.15) is 5.56 Å². The van der Waals surface area contributed by atoms with Gasteiger partial charge in [0, 0.05) is 11.2 Å². The summed E-state index contributed by atoms with van der Waals surface area (Å²) >= 11 is 5.74. The van der Waals surface area contributed by atoms with E-state index in [2.05, 4.69) is 4.99 Å². The lowest BCUT2D eigenvalue weighted by molar-refractivity contribution is 0.413. The van der Waals surface area contributed by atoms with E-state index < -0.39 is 0 Å². The normalized spacial score (nSPS) is 20.8. The predicted octanol–water partition coefficient (Wildman–Crippen LogP) is 2.16. The van der Waals surface area contributed by atoms with Crippen molar-refractivity contribution in [3.05, 3.63) is 34.9 Å². The Kier molecular flexibility index (Phi) is 2.62. The van der Waals surface area contributed by atoms with Crippen LogP contribution in [0.25, 0.3) is 0 Å². The molecule has 1 atom stereocenters. The van der Waals surface area contributed by atoms with E-state index in [9.17, 15) is 0 Å². The summed E-state index contributed by atoms with van der Waals surface area (Å²) in [6.07, 6.45) is 2.21. The van der Waals surface area contributed by atoms with Crippen molar-refractivity contribution in [1.82, 2.24) is 0 Å². The zero-order chi connectivity index (χ0) is 9.10. The van der Waals surface area contributed by atoms with Gasteiger partial charge < -0.3 is 4.74 Å². The van der Waals surface area contributed by atoms with Crippen LogP contribution in [0.15, 0.2) is 29.3 Å². The van der Waals surface area contributed by atoms with E-state index in [0.717, 1.165) is 23.7 Å². The Hall–Kier alpha value is -0.860. The Morgan fingerprint density at radius 2 is 2.15 bits per heavy atom. The number of halogens is 1. The Morgan fingerprint density at radius 1 is 1.46 bits per heavy atom. The van der Waals surface area contributed by atoms with Crippen molar-refractivity contribution in [3.8, 4) is 0 Å². The van der Waals surface area contributed by atoms with Gasteiger partial charge in [-0.25, -0.2) is 0 Å². The molecule has 0 aromatic heterocycles. The first-order valence-electron chi connectivity index (χ1n) is 4.21. The van der Waals surface area contributed by atoms with Gasteiger partial charge in [-0.2, -0.15) is 0 Å². The summed E-state index contributed by atoms with van der Waals surface area (Å²) in [5.41, 5.74) is 1.07. The largest absolute Gasteiger partial charge is 0.371 e. The minimum absolute atomic E-state index is 0.364. The van der Waals surface area contributed by atoms with Crippen molar-refractivity contribution in [2.45, 2.75) is 6.10 Å². The molecular formula is C10H10ClNO. The predicted molar refractivity (Wildman–Crippen MR) is 53.7 cm³/mol. The van der Waals surface area contributed by atoms with Crippen LogP contribution in [0.5, 0.6) is 0 Å². The van der Waals surface area contributed by atoms with Crippen molar-refractivity contribution in [2.75, 3.05) is 13.2 Å². The van der Waals surface area contributed by atoms with Gasteiger partial charge in [0.15, 0.2) is 0 Å². The highest BCUT2D eigenvalue weighted by Crippen LogP contribution is 2.10. The van der Waals surface area contributed by atoms with Crippen LogP contribution in [0, 0.1) is 0 Å². The second-order valence-corrected chi connectivity index (χ2v) is 3.44. The summed E-state index contributed by atoms with van der Waals surface area (Å²) in [7, 11) is 0. The molecule has 0 bridgehead atoms. The first kappa shape index (κ1) is 8.73. The maximum atomic E-state index is 5.74. The molecule has 1 heterocycles. The maximum Gasteiger partial charge on any atom is 0.100 e. The van der Waals surface area contributed by atoms with Gasteiger partial charge in [-0.05, 0) is 17.7 Å². The number of hydrogen-bond acceptors (Lipinski definition) is 2. The maximum absolute atomic E-state index is 5.74. The zero-order valence-corrected chi connectivity index (χ0v) is 7.87. The van der Waals surface area contributed by atoms with Crippen LogP contribution in [0.3, 0.4) is 0 Å². The highest BCUT2D eigenvalue weighted by Gasteiger charge is 2.20. The van der Waals surface area contributed by atoms with Gasteiger partial charge in [-0.15, -0.1) is 0 Å². The molecule has 1 aromatic rings. The van der Waals surface area contributed by atoms with E-state index in [4.69, 9.17) is 16.3 Å². The van der Waals surface area contributed by atoms with Gasteiger partial charge in [-0.1, -0.05) is 23.7 Å². The van der Waals surface area contributed by atoms with Crippen LogP contribution in [-0.2, 0) is 4.74 Å². The molecule has 1 saturated heterocycles. The lowest BCUT2D eigenvalue weighted by Gasteiger charge is -1.92. The summed E-state index contributed by atoms with van der Waals surface area (Å²) in [5, 5.41) is 0.752. The molecule has 1 fully saturated rings. The number of rotatable bonds is 3. The number of aliphatic imine (C=N–C) groups is 1. The fourth-order valence-electron chi connectivity index (χ4n) is 0.998. The Bertz CT molecular complexity index is 303. The van der Waals surface area contributed by atoms with E-state index in [1.54, 1.807) is 0 Å². The van der Waals surface area contributed by atoms with Crippen LogP contribution in [0.4, 0.5) is 0 Å². The molecule has 0 amide bonds. The van der Waals surface area contributed by atoms with Gasteiger partial charge in [0.05, 0.1) is 13.2 Å². The smallest absolute Gasteiger partial charge is 0.100 e. The number of ether oxygens (including phenoxy) is 1. The van der Waals surface area contributed by atoms with E-state index >= 15 is 0 Å². The molecule has 13 heavy (non-hydrogen) atoms. The first-order valence-corrected chi connectivity index (χ1v) is 4.59. The third kappa shape index (κ3) is 2.83. The van der Waals surface area contributed by atoms with Crippen molar-refractivity contribution < 1.29 is 4.74 Å². The highest BCUT2D eigenvalue weighted by atomic mass is 35.5. The molecular weight excluding hydrogens is 186 g/mol. The van der Waals surface area contributed by atoms with Gasteiger partial charge >= 0.3 is 0 Å². The van der Waals surface area contributed by atoms with Crippen LogP contribution >= 0.6 is 11.6 Å². The third-order valence-corrected chi connectivity index (χ3v) is 2.07. The molecule has 2 nitrogen and oxygen atoms in total. The average molecular weight is 196 g/mol. The number of benzene rings is 1. The Balaban J connectivity index is 1.92. The standard InChI is InChI=1S/C10H10ClNO/c11-9-3-1-8(2-4-9)5-12-6-10-7-13-10/h1-5,10H,6-7H2/b12-5+. The van der Waals surface area contributed by atoms with Crippen LogP contribution < -0.4 is 0 Å². The fourth-order valence-corrected chi connectivity index (χ4v) is 1.12. The molecule has 0 aliphatic carbocycles. The van der Waals surface area contributed by atoms with Gasteiger partial charge in [0.1, 0.15) is 6.10 Å². The minimum Gasteiger partial charge on any atom is -0.371 e. The topological polar surface area (TPSA) is 24.9 Å². The van der Waals surface area contributed by atoms with Crippen molar-refractivity contribution >= 4 is 17.8 Å². The zero-order valence-electron chi connectivity index (χ0n) is 7.11. The number of nitrogens with zero attached hydrogens (tertiary/aromatic N) is 1. The fraction of sp³-hybridized carbons (Fsp3) is 0.300. The molecule has 0 spiro atoms. The molecule has 1 aromatic carbocycles. The molecule has 1 unspecified atom stereocenters. The monoisotopic (exact) mass is 195 g/mol. The second kappa shape index (κ2) is 3.90. The van der Waals surface area contributed by atoms with E-state index in [1.165, 1.54) is 0 Å². The molecule has 0 saturated carbocycles. The quantitative estimate of drug-likeness (QED) is 0.536. The van der Waals surface area contributed by atoms with E-state index in [-0.39, 0.29) is 0 Å². The van der Waals surface area contributed by atoms with Gasteiger partial charge in [0.25, 0.3) is 0 Å². The highest BCUT2D eigenvalue weighted by molar-refractivity contribution is 6.30. The molecule has 0 radical (unpaired) electrons. The summed E-state index contributed by atoms with van der Waals surface area (Å²) < 4.78 is 5.03. The van der Waals surface area contributed by atoms with Crippen molar-refractivity contribution in [2.24, 2.45) is 4.99 Å². The molecule has 3 heteroatoms. The third-order valence-electron chi connectivity index (χ3n) is 1.82. The molecule has 1 aliphatic heterocycles. The lowest BCUT2D eigenvalue weighted by atomic mass is 10.2. The summed E-state index contributed by atoms with van der Waals surface area (Å²) in [6, 6.07) is 7.60. The van der Waals surface area contributed by atoms with Crippen molar-refractivity contribution in [1.29, 1.82) is 0 Å². The molecule has 68 valence electrons. The van der Waals surface area contributed by atoms with Crippen LogP contribution in [-0.4, -0.2) is 25.5 Å². The van der Waals surface area contributed by atoms with Gasteiger partial charge in [0.2, 0.25) is 0 Å². The Morgan fingerprint density at radius 3 is 2.77 bits per heavy atom. The first-order chi connectivity index (χ1) is 6.34. The second-order valence-electron chi connectivity index (χ2n) is 3.00. The summed E-state index contributed by atoms with van der Waals surface area (Å²) in [4.78, 5) is 4.24. The molecule has 0 N–H and O–H groups in total. The number of epoxide rings is 1. The van der Waals surface area contributed by atoms with E-state index in [1.807, 2.05) is 30.5 Å². The SMILES string of the molecule is Clc1ccc(/C=N/CC2CO2)cc1.